The van der Waals surface area contributed by atoms with E-state index in [-0.39, 0.29) is 35.1 Å². The van der Waals surface area contributed by atoms with Crippen LogP contribution in [0.3, 0.4) is 0 Å². The highest BCUT2D eigenvalue weighted by Crippen LogP contribution is 2.36. The molecule has 2 aliphatic rings. The van der Waals surface area contributed by atoms with Gasteiger partial charge in [0.1, 0.15) is 0 Å². The molecule has 2 fully saturated rings. The highest BCUT2D eigenvalue weighted by Gasteiger charge is 2.42. The van der Waals surface area contributed by atoms with Gasteiger partial charge in [0.15, 0.2) is 0 Å². The maximum Gasteiger partial charge on any atom is 0.237 e. The van der Waals surface area contributed by atoms with Gasteiger partial charge in [-0.3, -0.25) is 24.5 Å². The fraction of sp³-hybridized carbons (Fsp3) is 0.524. The van der Waals surface area contributed by atoms with Crippen molar-refractivity contribution in [1.29, 1.82) is 0 Å². The molecule has 3 rings (SSSR count). The van der Waals surface area contributed by atoms with E-state index in [1.807, 2.05) is 19.1 Å². The molecule has 0 radical (unpaired) electrons. The number of morpholine rings is 1. The lowest BCUT2D eigenvalue weighted by molar-refractivity contribution is -0.138. The number of benzene rings is 1. The van der Waals surface area contributed by atoms with Crippen molar-refractivity contribution in [2.75, 3.05) is 43.1 Å². The minimum atomic E-state index is -0.716. The van der Waals surface area contributed by atoms with E-state index < -0.39 is 5.41 Å². The first-order chi connectivity index (χ1) is 14.4. The first-order valence-electron chi connectivity index (χ1n) is 10.1. The van der Waals surface area contributed by atoms with E-state index in [1.165, 1.54) is 11.8 Å². The summed E-state index contributed by atoms with van der Waals surface area (Å²) in [5.41, 5.74) is 0.743. The lowest BCUT2D eigenvalue weighted by Gasteiger charge is -2.35. The fourth-order valence-electron chi connectivity index (χ4n) is 3.77. The van der Waals surface area contributed by atoms with Crippen molar-refractivity contribution in [2.24, 2.45) is 0 Å². The van der Waals surface area contributed by atoms with Crippen LogP contribution in [-0.4, -0.2) is 66.3 Å². The van der Waals surface area contributed by atoms with Crippen LogP contribution >= 0.6 is 11.8 Å². The Bertz CT molecular complexity index is 807. The first-order valence-corrected chi connectivity index (χ1v) is 11.3. The van der Waals surface area contributed by atoms with Gasteiger partial charge in [-0.05, 0) is 30.5 Å². The first kappa shape index (κ1) is 22.3. The monoisotopic (exact) mass is 433 g/mol. The number of hydrogen-bond acceptors (Lipinski definition) is 6. The van der Waals surface area contributed by atoms with Crippen molar-refractivity contribution in [3.63, 3.8) is 0 Å². The van der Waals surface area contributed by atoms with Gasteiger partial charge < -0.3 is 15.0 Å². The third kappa shape index (κ3) is 5.20. The summed E-state index contributed by atoms with van der Waals surface area (Å²) >= 11 is 1.28. The van der Waals surface area contributed by atoms with Gasteiger partial charge >= 0.3 is 0 Å². The lowest BCUT2D eigenvalue weighted by atomic mass is 9.72. The van der Waals surface area contributed by atoms with E-state index in [2.05, 4.69) is 10.6 Å². The van der Waals surface area contributed by atoms with Crippen LogP contribution in [0, 0.1) is 0 Å². The van der Waals surface area contributed by atoms with Gasteiger partial charge in [-0.1, -0.05) is 19.1 Å². The quantitative estimate of drug-likeness (QED) is 0.628. The summed E-state index contributed by atoms with van der Waals surface area (Å²) in [5.74, 6) is -0.222. The van der Waals surface area contributed by atoms with Crippen LogP contribution in [0.25, 0.3) is 0 Å². The molecule has 2 saturated heterocycles. The summed E-state index contributed by atoms with van der Waals surface area (Å²) in [6.07, 6.45) is 1.39. The standard InChI is InChI=1S/C21H27N3O5S/c1-2-21(8-7-17(25)23-20(21)28)15-3-5-16(6-4-15)22-18(26)13-30-14-19(27)24-9-11-29-12-10-24/h3-6H,2,7-14H2,1H3,(H,22,26)(H,23,25,28). The molecular weight excluding hydrogens is 406 g/mol. The van der Waals surface area contributed by atoms with Gasteiger partial charge in [-0.15, -0.1) is 11.8 Å². The molecule has 30 heavy (non-hydrogen) atoms. The van der Waals surface area contributed by atoms with Gasteiger partial charge in [-0.2, -0.15) is 0 Å². The molecule has 2 heterocycles. The highest BCUT2D eigenvalue weighted by molar-refractivity contribution is 8.00. The van der Waals surface area contributed by atoms with Gasteiger partial charge in [0, 0.05) is 25.2 Å². The molecule has 162 valence electrons. The molecule has 2 N–H and O–H groups in total. The van der Waals surface area contributed by atoms with Crippen molar-refractivity contribution < 1.29 is 23.9 Å². The van der Waals surface area contributed by atoms with Crippen LogP contribution in [0.1, 0.15) is 31.7 Å². The Labute approximate surface area is 180 Å². The van der Waals surface area contributed by atoms with E-state index in [0.717, 1.165) is 5.56 Å². The second kappa shape index (κ2) is 10.1. The van der Waals surface area contributed by atoms with Gasteiger partial charge in [0.25, 0.3) is 0 Å². The smallest absolute Gasteiger partial charge is 0.237 e. The van der Waals surface area contributed by atoms with Gasteiger partial charge in [0.2, 0.25) is 23.6 Å². The average molecular weight is 434 g/mol. The molecule has 2 aliphatic heterocycles. The highest BCUT2D eigenvalue weighted by atomic mass is 32.2. The van der Waals surface area contributed by atoms with Crippen LogP contribution in [0.5, 0.6) is 0 Å². The van der Waals surface area contributed by atoms with E-state index in [4.69, 9.17) is 4.74 Å². The SMILES string of the molecule is CCC1(c2ccc(NC(=O)CSCC(=O)N3CCOCC3)cc2)CCC(=O)NC1=O. The number of thioether (sulfide) groups is 1. The maximum absolute atomic E-state index is 12.5. The Morgan fingerprint density at radius 1 is 1.17 bits per heavy atom. The van der Waals surface area contributed by atoms with Crippen molar-refractivity contribution >= 4 is 41.1 Å². The third-order valence-corrected chi connectivity index (χ3v) is 6.53. The van der Waals surface area contributed by atoms with E-state index >= 15 is 0 Å². The molecule has 0 aliphatic carbocycles. The predicted octanol–water partition coefficient (Wildman–Crippen LogP) is 1.30. The fourth-order valence-corrected chi connectivity index (χ4v) is 4.49. The number of nitrogens with one attached hydrogen (secondary N) is 2. The summed E-state index contributed by atoms with van der Waals surface area (Å²) in [6, 6.07) is 7.17. The zero-order valence-electron chi connectivity index (χ0n) is 17.1. The number of imide groups is 1. The molecule has 0 spiro atoms. The zero-order chi connectivity index (χ0) is 21.6. The Hall–Kier alpha value is -2.39. The van der Waals surface area contributed by atoms with Crippen LogP contribution in [-0.2, 0) is 29.3 Å². The summed E-state index contributed by atoms with van der Waals surface area (Å²) in [5, 5.41) is 5.25. The molecule has 9 heteroatoms. The van der Waals surface area contributed by atoms with E-state index in [0.29, 0.717) is 51.3 Å². The average Bonchev–Trinajstić information content (AvgIpc) is 2.75. The number of rotatable bonds is 7. The Morgan fingerprint density at radius 2 is 1.87 bits per heavy atom. The number of carbonyl (C=O) groups excluding carboxylic acids is 4. The molecule has 8 nitrogen and oxygen atoms in total. The molecule has 1 aromatic carbocycles. The van der Waals surface area contributed by atoms with Crippen molar-refractivity contribution in [2.45, 2.75) is 31.6 Å². The van der Waals surface area contributed by atoms with Crippen LogP contribution in [0.4, 0.5) is 5.69 Å². The predicted molar refractivity (Wildman–Crippen MR) is 114 cm³/mol. The number of amides is 4. The van der Waals surface area contributed by atoms with Crippen LogP contribution < -0.4 is 10.6 Å². The normalized spacial score (nSPS) is 21.8. The second-order valence-corrected chi connectivity index (χ2v) is 8.41. The van der Waals surface area contributed by atoms with E-state index in [9.17, 15) is 19.2 Å². The molecule has 1 unspecified atom stereocenters. The second-order valence-electron chi connectivity index (χ2n) is 7.42. The number of carbonyl (C=O) groups is 4. The van der Waals surface area contributed by atoms with Gasteiger partial charge in [0.05, 0.1) is 30.1 Å². The molecule has 0 aromatic heterocycles. The number of hydrogen-bond donors (Lipinski definition) is 2. The molecule has 1 aromatic rings. The Morgan fingerprint density at radius 3 is 2.50 bits per heavy atom. The summed E-state index contributed by atoms with van der Waals surface area (Å²) < 4.78 is 5.23. The van der Waals surface area contributed by atoms with Crippen LogP contribution in [0.2, 0.25) is 0 Å². The van der Waals surface area contributed by atoms with E-state index in [1.54, 1.807) is 17.0 Å². The largest absolute Gasteiger partial charge is 0.378 e. The molecule has 0 bridgehead atoms. The van der Waals surface area contributed by atoms with Crippen molar-refractivity contribution in [3.05, 3.63) is 29.8 Å². The summed E-state index contributed by atoms with van der Waals surface area (Å²) in [7, 11) is 0. The van der Waals surface area contributed by atoms with Crippen LogP contribution in [0.15, 0.2) is 24.3 Å². The van der Waals surface area contributed by atoms with Gasteiger partial charge in [-0.25, -0.2) is 0 Å². The van der Waals surface area contributed by atoms with Crippen molar-refractivity contribution in [3.8, 4) is 0 Å². The summed E-state index contributed by atoms with van der Waals surface area (Å²) in [6.45, 7) is 4.25. The Balaban J connectivity index is 1.50. The number of nitrogens with zero attached hydrogens (tertiary/aromatic N) is 1. The number of ether oxygens (including phenoxy) is 1. The zero-order valence-corrected chi connectivity index (χ0v) is 17.9. The minimum absolute atomic E-state index is 0.0227. The van der Waals surface area contributed by atoms with Crippen molar-refractivity contribution in [1.82, 2.24) is 10.2 Å². The molecule has 4 amide bonds. The minimum Gasteiger partial charge on any atom is -0.378 e. The maximum atomic E-state index is 12.5. The molecule has 0 saturated carbocycles. The topological polar surface area (TPSA) is 105 Å². The third-order valence-electron chi connectivity index (χ3n) is 5.61. The molecular formula is C21H27N3O5S. The summed E-state index contributed by atoms with van der Waals surface area (Å²) in [4.78, 5) is 50.0. The molecule has 1 atom stereocenters. The number of anilines is 1. The lowest BCUT2D eigenvalue weighted by Crippen LogP contribution is -2.51. The Kier molecular flexibility index (Phi) is 7.49. The number of piperidine rings is 1.